The average molecular weight is 282 g/mol. The van der Waals surface area contributed by atoms with Gasteiger partial charge in [-0.1, -0.05) is 25.1 Å². The summed E-state index contributed by atoms with van der Waals surface area (Å²) in [5.41, 5.74) is 3.86. The van der Waals surface area contributed by atoms with Gasteiger partial charge in [0.1, 0.15) is 0 Å². The van der Waals surface area contributed by atoms with Gasteiger partial charge < -0.3 is 0 Å². The Bertz CT molecular complexity index is 344. The molecule has 0 aliphatic heterocycles. The number of hydrogen-bond donors (Lipinski definition) is 0. The molecule has 0 N–H and O–H groups in total. The SMILES string of the molecule is Cc1ccc(C(C)C[Si](Cl)(Cl)Cl)cc1C. The highest BCUT2D eigenvalue weighted by Crippen LogP contribution is 2.34. The van der Waals surface area contributed by atoms with E-state index in [1.54, 1.807) is 0 Å². The van der Waals surface area contributed by atoms with Crippen molar-refractivity contribution in [1.82, 2.24) is 0 Å². The van der Waals surface area contributed by atoms with Crippen molar-refractivity contribution in [3.8, 4) is 0 Å². The monoisotopic (exact) mass is 280 g/mol. The Kier molecular flexibility index (Phi) is 4.54. The van der Waals surface area contributed by atoms with Crippen LogP contribution in [-0.2, 0) is 0 Å². The van der Waals surface area contributed by atoms with Gasteiger partial charge in [-0.3, -0.25) is 0 Å². The third-order valence-electron chi connectivity index (χ3n) is 2.64. The highest BCUT2D eigenvalue weighted by molar-refractivity contribution is 7.64. The summed E-state index contributed by atoms with van der Waals surface area (Å²) in [4.78, 5) is 0. The third-order valence-corrected chi connectivity index (χ3v) is 5.10. The van der Waals surface area contributed by atoms with Crippen LogP contribution in [-0.4, -0.2) is 6.00 Å². The lowest BCUT2D eigenvalue weighted by molar-refractivity contribution is 0.856. The molecule has 0 amide bonds. The molecule has 0 bridgehead atoms. The van der Waals surface area contributed by atoms with Crippen molar-refractivity contribution >= 4 is 39.2 Å². The first-order valence-electron chi connectivity index (χ1n) is 4.93. The summed E-state index contributed by atoms with van der Waals surface area (Å²) in [6.07, 6.45) is 0. The molecule has 4 heteroatoms. The van der Waals surface area contributed by atoms with E-state index in [2.05, 4.69) is 39.0 Å². The van der Waals surface area contributed by atoms with Crippen LogP contribution < -0.4 is 0 Å². The van der Waals surface area contributed by atoms with E-state index in [1.165, 1.54) is 16.7 Å². The summed E-state index contributed by atoms with van der Waals surface area (Å²) in [5, 5.41) is 0. The van der Waals surface area contributed by atoms with E-state index in [0.717, 1.165) is 0 Å². The zero-order valence-electron chi connectivity index (χ0n) is 9.15. The van der Waals surface area contributed by atoms with Gasteiger partial charge in [-0.25, -0.2) is 0 Å². The maximum absolute atomic E-state index is 5.92. The van der Waals surface area contributed by atoms with Crippen molar-refractivity contribution in [2.24, 2.45) is 0 Å². The molecule has 1 rings (SSSR count). The second-order valence-electron chi connectivity index (χ2n) is 4.06. The fraction of sp³-hybridized carbons (Fsp3) is 0.455. The molecule has 0 aliphatic rings. The number of hydrogen-bond acceptors (Lipinski definition) is 0. The zero-order chi connectivity index (χ0) is 11.6. The Morgan fingerprint density at radius 3 is 2.20 bits per heavy atom. The summed E-state index contributed by atoms with van der Waals surface area (Å²) in [6, 6.07) is 4.60. The Balaban J connectivity index is 2.83. The summed E-state index contributed by atoms with van der Waals surface area (Å²) in [6.45, 7) is 6.32. The van der Waals surface area contributed by atoms with Crippen molar-refractivity contribution in [2.45, 2.75) is 32.7 Å². The van der Waals surface area contributed by atoms with Gasteiger partial charge in [-0.2, -0.15) is 0 Å². The summed E-state index contributed by atoms with van der Waals surface area (Å²) in [7, 11) is 0. The minimum Gasteiger partial charge on any atom is -0.126 e. The van der Waals surface area contributed by atoms with Crippen molar-refractivity contribution in [1.29, 1.82) is 0 Å². The molecule has 1 atom stereocenters. The minimum absolute atomic E-state index is 0.323. The number of benzene rings is 1. The van der Waals surface area contributed by atoms with Crippen LogP contribution >= 0.6 is 33.2 Å². The second kappa shape index (κ2) is 5.09. The zero-order valence-corrected chi connectivity index (χ0v) is 12.4. The van der Waals surface area contributed by atoms with Gasteiger partial charge in [0.05, 0.1) is 0 Å². The molecule has 0 nitrogen and oxygen atoms in total. The predicted molar refractivity (Wildman–Crippen MR) is 72.5 cm³/mol. The highest BCUT2D eigenvalue weighted by Gasteiger charge is 2.28. The smallest absolute Gasteiger partial charge is 0.126 e. The van der Waals surface area contributed by atoms with Crippen molar-refractivity contribution in [3.05, 3.63) is 34.9 Å². The molecule has 0 aromatic heterocycles. The van der Waals surface area contributed by atoms with Crippen molar-refractivity contribution < 1.29 is 0 Å². The second-order valence-corrected chi connectivity index (χ2v) is 13.3. The first kappa shape index (κ1) is 13.4. The fourth-order valence-corrected chi connectivity index (χ4v) is 4.55. The molecular formula is C11H15Cl3Si. The Morgan fingerprint density at radius 2 is 1.73 bits per heavy atom. The van der Waals surface area contributed by atoms with Gasteiger partial charge in [-0.05, 0) is 42.5 Å². The standard InChI is InChI=1S/C11H15Cl3Si/c1-8-4-5-11(6-9(8)2)10(3)7-15(12,13)14/h4-6,10H,7H2,1-3H3. The van der Waals surface area contributed by atoms with E-state index in [0.29, 0.717) is 12.0 Å². The van der Waals surface area contributed by atoms with Crippen LogP contribution in [0.15, 0.2) is 18.2 Å². The summed E-state index contributed by atoms with van der Waals surface area (Å²) < 4.78 is 0. The molecule has 1 aromatic rings. The maximum Gasteiger partial charge on any atom is 0.342 e. The molecule has 84 valence electrons. The molecule has 0 radical (unpaired) electrons. The van der Waals surface area contributed by atoms with Gasteiger partial charge in [0.25, 0.3) is 0 Å². The van der Waals surface area contributed by atoms with Crippen LogP contribution in [0.5, 0.6) is 0 Å². The van der Waals surface area contributed by atoms with Crippen LogP contribution in [0.3, 0.4) is 0 Å². The van der Waals surface area contributed by atoms with Crippen molar-refractivity contribution in [2.75, 3.05) is 0 Å². The number of aryl methyl sites for hydroxylation is 2. The molecular weight excluding hydrogens is 267 g/mol. The van der Waals surface area contributed by atoms with E-state index in [4.69, 9.17) is 33.2 Å². The van der Waals surface area contributed by atoms with Crippen LogP contribution in [0.1, 0.15) is 29.5 Å². The molecule has 0 saturated heterocycles. The summed E-state index contributed by atoms with van der Waals surface area (Å²) in [5.74, 6) is 0.323. The van der Waals surface area contributed by atoms with E-state index in [9.17, 15) is 0 Å². The lowest BCUT2D eigenvalue weighted by Crippen LogP contribution is -2.13. The predicted octanol–water partition coefficient (Wildman–Crippen LogP) is 5.06. The normalized spacial score (nSPS) is 14.0. The lowest BCUT2D eigenvalue weighted by atomic mass is 9.98. The molecule has 0 fully saturated rings. The molecule has 1 unspecified atom stereocenters. The van der Waals surface area contributed by atoms with E-state index in [-0.39, 0.29) is 0 Å². The van der Waals surface area contributed by atoms with Crippen molar-refractivity contribution in [3.63, 3.8) is 0 Å². The average Bonchev–Trinajstić information content (AvgIpc) is 2.06. The van der Waals surface area contributed by atoms with Crippen LogP contribution in [0.4, 0.5) is 0 Å². The first-order valence-corrected chi connectivity index (χ1v) is 10.2. The number of rotatable bonds is 3. The molecule has 0 saturated carbocycles. The van der Waals surface area contributed by atoms with Crippen LogP contribution in [0.25, 0.3) is 0 Å². The van der Waals surface area contributed by atoms with Gasteiger partial charge in [0.2, 0.25) is 0 Å². The Morgan fingerprint density at radius 1 is 1.13 bits per heavy atom. The molecule has 15 heavy (non-hydrogen) atoms. The first-order chi connectivity index (χ1) is 6.79. The van der Waals surface area contributed by atoms with E-state index >= 15 is 0 Å². The van der Waals surface area contributed by atoms with Crippen LogP contribution in [0, 0.1) is 13.8 Å². The fourth-order valence-electron chi connectivity index (χ4n) is 1.54. The van der Waals surface area contributed by atoms with Gasteiger partial charge in [0, 0.05) is 0 Å². The van der Waals surface area contributed by atoms with Gasteiger partial charge >= 0.3 is 6.00 Å². The lowest BCUT2D eigenvalue weighted by Gasteiger charge is -2.16. The topological polar surface area (TPSA) is 0 Å². The quantitative estimate of drug-likeness (QED) is 0.536. The van der Waals surface area contributed by atoms with Gasteiger partial charge in [-0.15, -0.1) is 33.2 Å². The minimum atomic E-state index is -2.52. The van der Waals surface area contributed by atoms with E-state index in [1.807, 2.05) is 0 Å². The highest BCUT2D eigenvalue weighted by atomic mass is 35.8. The van der Waals surface area contributed by atoms with Gasteiger partial charge in [0.15, 0.2) is 0 Å². The van der Waals surface area contributed by atoms with Crippen LogP contribution in [0.2, 0.25) is 6.04 Å². The maximum atomic E-state index is 5.92. The summed E-state index contributed by atoms with van der Waals surface area (Å²) >= 11 is 17.8. The molecule has 0 heterocycles. The van der Waals surface area contributed by atoms with E-state index < -0.39 is 6.00 Å². The Hall–Kier alpha value is 0.307. The molecule has 0 aliphatic carbocycles. The largest absolute Gasteiger partial charge is 0.342 e. The molecule has 0 spiro atoms. The molecule has 1 aromatic carbocycles. The third kappa shape index (κ3) is 4.35. The Labute approximate surface area is 107 Å². The number of halogens is 3.